The van der Waals surface area contributed by atoms with Gasteiger partial charge in [-0.1, -0.05) is 17.3 Å². The number of rotatable bonds is 2. The van der Waals surface area contributed by atoms with Gasteiger partial charge in [0.05, 0.1) is 17.8 Å². The molecule has 5 heteroatoms. The van der Waals surface area contributed by atoms with Gasteiger partial charge in [-0.25, -0.2) is 4.68 Å². The Bertz CT molecular complexity index is 707. The first-order chi connectivity index (χ1) is 8.66. The third-order valence-electron chi connectivity index (χ3n) is 3.39. The Morgan fingerprint density at radius 3 is 2.67 bits per heavy atom. The Labute approximate surface area is 105 Å². The van der Waals surface area contributed by atoms with E-state index in [1.807, 2.05) is 47.6 Å². The number of fused-ring (bicyclic) bond motifs is 1. The summed E-state index contributed by atoms with van der Waals surface area (Å²) in [5, 5.41) is 12.8. The Balaban J connectivity index is 2.07. The van der Waals surface area contributed by atoms with Gasteiger partial charge in [-0.05, 0) is 26.0 Å². The van der Waals surface area contributed by atoms with Crippen LogP contribution in [-0.4, -0.2) is 24.8 Å². The van der Waals surface area contributed by atoms with Crippen LogP contribution in [0.15, 0.2) is 24.3 Å². The average Bonchev–Trinajstić information content (AvgIpc) is 2.87. The number of benzene rings is 1. The van der Waals surface area contributed by atoms with Gasteiger partial charge in [0.25, 0.3) is 0 Å². The Hall–Kier alpha value is -2.17. The van der Waals surface area contributed by atoms with Crippen molar-refractivity contribution in [3.05, 3.63) is 41.2 Å². The lowest BCUT2D eigenvalue weighted by molar-refractivity contribution is 0.663. The number of aromatic nitrogens is 5. The number of hydrogen-bond donors (Lipinski definition) is 0. The molecular weight excluding hydrogens is 226 g/mol. The SMILES string of the molecule is Cc1nn(C)c(C)c1Cn1nnc2ccccc21. The Morgan fingerprint density at radius 2 is 1.94 bits per heavy atom. The molecule has 0 amide bonds. The molecule has 18 heavy (non-hydrogen) atoms. The lowest BCUT2D eigenvalue weighted by Gasteiger charge is -2.03. The summed E-state index contributed by atoms with van der Waals surface area (Å²) in [5.41, 5.74) is 5.42. The van der Waals surface area contributed by atoms with E-state index in [2.05, 4.69) is 22.3 Å². The van der Waals surface area contributed by atoms with Crippen LogP contribution in [0.2, 0.25) is 0 Å². The second-order valence-electron chi connectivity index (χ2n) is 4.51. The summed E-state index contributed by atoms with van der Waals surface area (Å²) in [7, 11) is 1.96. The molecule has 2 aromatic heterocycles. The van der Waals surface area contributed by atoms with Crippen molar-refractivity contribution in [1.82, 2.24) is 24.8 Å². The molecule has 1 aromatic carbocycles. The van der Waals surface area contributed by atoms with Gasteiger partial charge in [-0.15, -0.1) is 5.10 Å². The zero-order valence-electron chi connectivity index (χ0n) is 10.8. The fourth-order valence-corrected chi connectivity index (χ4v) is 2.23. The fraction of sp³-hybridized carbons (Fsp3) is 0.308. The lowest BCUT2D eigenvalue weighted by atomic mass is 10.2. The number of para-hydroxylation sites is 1. The van der Waals surface area contributed by atoms with Crippen LogP contribution in [-0.2, 0) is 13.6 Å². The quantitative estimate of drug-likeness (QED) is 0.687. The van der Waals surface area contributed by atoms with Crippen LogP contribution in [0.25, 0.3) is 11.0 Å². The smallest absolute Gasteiger partial charge is 0.113 e. The minimum Gasteiger partial charge on any atom is -0.272 e. The molecule has 0 aliphatic carbocycles. The lowest BCUT2D eigenvalue weighted by Crippen LogP contribution is -2.04. The van der Waals surface area contributed by atoms with Gasteiger partial charge in [-0.3, -0.25) is 4.68 Å². The Morgan fingerprint density at radius 1 is 1.17 bits per heavy atom. The molecule has 0 radical (unpaired) electrons. The number of hydrogen-bond acceptors (Lipinski definition) is 3. The molecule has 0 aliphatic heterocycles. The summed E-state index contributed by atoms with van der Waals surface area (Å²) in [4.78, 5) is 0. The van der Waals surface area contributed by atoms with Crippen LogP contribution in [0.3, 0.4) is 0 Å². The average molecular weight is 241 g/mol. The third-order valence-corrected chi connectivity index (χ3v) is 3.39. The first-order valence-corrected chi connectivity index (χ1v) is 5.94. The first kappa shape index (κ1) is 11.0. The largest absolute Gasteiger partial charge is 0.272 e. The maximum absolute atomic E-state index is 4.43. The van der Waals surface area contributed by atoms with Crippen molar-refractivity contribution in [3.8, 4) is 0 Å². The second kappa shape index (κ2) is 3.94. The second-order valence-corrected chi connectivity index (χ2v) is 4.51. The summed E-state index contributed by atoms with van der Waals surface area (Å²) in [6, 6.07) is 7.99. The zero-order chi connectivity index (χ0) is 12.7. The molecule has 0 unspecified atom stereocenters. The van der Waals surface area contributed by atoms with E-state index in [-0.39, 0.29) is 0 Å². The summed E-state index contributed by atoms with van der Waals surface area (Å²) in [6.45, 7) is 4.82. The van der Waals surface area contributed by atoms with Crippen molar-refractivity contribution in [3.63, 3.8) is 0 Å². The van der Waals surface area contributed by atoms with Crippen LogP contribution in [0.4, 0.5) is 0 Å². The highest BCUT2D eigenvalue weighted by atomic mass is 15.4. The van der Waals surface area contributed by atoms with E-state index in [1.54, 1.807) is 0 Å². The molecule has 0 saturated heterocycles. The predicted octanol–water partition coefficient (Wildman–Crippen LogP) is 1.83. The highest BCUT2D eigenvalue weighted by Gasteiger charge is 2.12. The fourth-order valence-electron chi connectivity index (χ4n) is 2.23. The van der Waals surface area contributed by atoms with E-state index in [4.69, 9.17) is 0 Å². The third kappa shape index (κ3) is 1.59. The summed E-state index contributed by atoms with van der Waals surface area (Å²) < 4.78 is 3.83. The topological polar surface area (TPSA) is 48.5 Å². The van der Waals surface area contributed by atoms with Gasteiger partial charge in [0.15, 0.2) is 0 Å². The van der Waals surface area contributed by atoms with Gasteiger partial charge < -0.3 is 0 Å². The van der Waals surface area contributed by atoms with Crippen LogP contribution in [0.5, 0.6) is 0 Å². The molecule has 0 aliphatic rings. The van der Waals surface area contributed by atoms with Crippen LogP contribution in [0.1, 0.15) is 17.0 Å². The van der Waals surface area contributed by atoms with E-state index in [0.29, 0.717) is 6.54 Å². The monoisotopic (exact) mass is 241 g/mol. The van der Waals surface area contributed by atoms with Crippen molar-refractivity contribution in [2.75, 3.05) is 0 Å². The van der Waals surface area contributed by atoms with E-state index in [9.17, 15) is 0 Å². The van der Waals surface area contributed by atoms with Crippen LogP contribution in [0, 0.1) is 13.8 Å². The van der Waals surface area contributed by atoms with Gasteiger partial charge in [0, 0.05) is 18.3 Å². The van der Waals surface area contributed by atoms with Crippen molar-refractivity contribution in [2.45, 2.75) is 20.4 Å². The molecule has 92 valence electrons. The molecular formula is C13H15N5. The zero-order valence-corrected chi connectivity index (χ0v) is 10.8. The standard InChI is InChI=1S/C13H15N5/c1-9-11(10(2)17(3)15-9)8-18-13-7-5-4-6-12(13)14-16-18/h4-7H,8H2,1-3H3. The maximum Gasteiger partial charge on any atom is 0.113 e. The van der Waals surface area contributed by atoms with Gasteiger partial charge >= 0.3 is 0 Å². The highest BCUT2D eigenvalue weighted by Crippen LogP contribution is 2.16. The Kier molecular flexibility index (Phi) is 2.40. The molecule has 0 atom stereocenters. The summed E-state index contributed by atoms with van der Waals surface area (Å²) >= 11 is 0. The van der Waals surface area contributed by atoms with Crippen molar-refractivity contribution in [1.29, 1.82) is 0 Å². The molecule has 5 nitrogen and oxygen atoms in total. The van der Waals surface area contributed by atoms with Crippen LogP contribution >= 0.6 is 0 Å². The molecule has 2 heterocycles. The number of nitrogens with zero attached hydrogens (tertiary/aromatic N) is 5. The van der Waals surface area contributed by atoms with Crippen molar-refractivity contribution >= 4 is 11.0 Å². The maximum atomic E-state index is 4.43. The minimum atomic E-state index is 0.714. The molecule has 0 N–H and O–H groups in total. The van der Waals surface area contributed by atoms with Gasteiger partial charge in [-0.2, -0.15) is 5.10 Å². The molecule has 3 aromatic rings. The molecule has 0 fully saturated rings. The summed E-state index contributed by atoms with van der Waals surface area (Å²) in [5.74, 6) is 0. The van der Waals surface area contributed by atoms with Crippen molar-refractivity contribution in [2.24, 2.45) is 7.05 Å². The molecule has 0 saturated carbocycles. The molecule has 0 spiro atoms. The van der Waals surface area contributed by atoms with Crippen LogP contribution < -0.4 is 0 Å². The van der Waals surface area contributed by atoms with E-state index >= 15 is 0 Å². The molecule has 0 bridgehead atoms. The van der Waals surface area contributed by atoms with E-state index in [1.165, 1.54) is 11.3 Å². The van der Waals surface area contributed by atoms with Gasteiger partial charge in [0.1, 0.15) is 5.52 Å². The molecule has 3 rings (SSSR count). The van der Waals surface area contributed by atoms with E-state index in [0.717, 1.165) is 16.7 Å². The summed E-state index contributed by atoms with van der Waals surface area (Å²) in [6.07, 6.45) is 0. The van der Waals surface area contributed by atoms with Gasteiger partial charge in [0.2, 0.25) is 0 Å². The normalized spacial score (nSPS) is 11.3. The van der Waals surface area contributed by atoms with E-state index < -0.39 is 0 Å². The van der Waals surface area contributed by atoms with Crippen molar-refractivity contribution < 1.29 is 0 Å². The minimum absolute atomic E-state index is 0.714. The predicted molar refractivity (Wildman–Crippen MR) is 69.3 cm³/mol. The highest BCUT2D eigenvalue weighted by molar-refractivity contribution is 5.73. The first-order valence-electron chi connectivity index (χ1n) is 5.94. The number of aryl methyl sites for hydroxylation is 2.